The number of nitrogens with zero attached hydrogens (tertiary/aromatic N) is 2. The van der Waals surface area contributed by atoms with Crippen molar-refractivity contribution in [1.29, 1.82) is 0 Å². The van der Waals surface area contributed by atoms with Gasteiger partial charge in [0.05, 0.1) is 0 Å². The summed E-state index contributed by atoms with van der Waals surface area (Å²) in [4.78, 5) is 5.53. The van der Waals surface area contributed by atoms with Crippen LogP contribution in [-0.4, -0.2) is 9.97 Å². The molecule has 1 radical (unpaired) electrons. The molecule has 0 atom stereocenters. The maximum atomic E-state index is 12.0. The lowest BCUT2D eigenvalue weighted by molar-refractivity contribution is 0.482. The first-order valence-corrected chi connectivity index (χ1v) is 2.34. The van der Waals surface area contributed by atoms with Crippen molar-refractivity contribution >= 4 is 11.6 Å². The average Bonchev–Trinajstić information content (AvgIpc) is 1.80. The Balaban J connectivity index is 3.17. The second-order valence-corrected chi connectivity index (χ2v) is 1.59. The minimum Gasteiger partial charge on any atom is -0.199 e. The minimum absolute atomic E-state index is 0.406. The summed E-state index contributed by atoms with van der Waals surface area (Å²) in [5.74, 6) is -1.09. The Kier molecular flexibility index (Phi) is 1.57. The van der Waals surface area contributed by atoms with Gasteiger partial charge in [0.2, 0.25) is 5.95 Å². The molecule has 0 saturated heterocycles. The maximum absolute atomic E-state index is 12.0. The van der Waals surface area contributed by atoms with Crippen molar-refractivity contribution in [2.45, 2.75) is 0 Å². The van der Waals surface area contributed by atoms with Gasteiger partial charge in [-0.15, -0.1) is 0 Å². The summed E-state index contributed by atoms with van der Waals surface area (Å²) in [5, 5.41) is -0.406. The van der Waals surface area contributed by atoms with Crippen LogP contribution in [0.5, 0.6) is 0 Å². The molecule has 2 nitrogen and oxygen atoms in total. The van der Waals surface area contributed by atoms with Crippen LogP contribution in [0.2, 0.25) is 5.02 Å². The molecule has 0 aliphatic heterocycles. The van der Waals surface area contributed by atoms with Crippen LogP contribution in [0.15, 0.2) is 0 Å². The van der Waals surface area contributed by atoms with E-state index in [0.29, 0.717) is 0 Å². The second-order valence-electron chi connectivity index (χ2n) is 1.21. The molecule has 0 fully saturated rings. The first kappa shape index (κ1) is 6.35. The number of hydrogen-bond donors (Lipinski definition) is 0. The number of aromatic nitrogens is 2. The lowest BCUT2D eigenvalue weighted by atomic mass is 10.6. The van der Waals surface area contributed by atoms with Gasteiger partial charge in [-0.25, -0.2) is 0 Å². The van der Waals surface area contributed by atoms with Gasteiger partial charge in [0, 0.05) is 0 Å². The SMILES string of the molecule is Fc1n[c]c(Cl)c(F)n1. The Morgan fingerprint density at radius 1 is 1.44 bits per heavy atom. The molecule has 1 aromatic heterocycles. The molecule has 9 heavy (non-hydrogen) atoms. The van der Waals surface area contributed by atoms with Crippen molar-refractivity contribution in [2.24, 2.45) is 0 Å². The van der Waals surface area contributed by atoms with Gasteiger partial charge in [0.15, 0.2) is 0 Å². The number of hydrogen-bond acceptors (Lipinski definition) is 2. The highest BCUT2D eigenvalue weighted by atomic mass is 35.5. The highest BCUT2D eigenvalue weighted by molar-refractivity contribution is 6.30. The van der Waals surface area contributed by atoms with Crippen molar-refractivity contribution in [3.63, 3.8) is 0 Å². The molecular weight excluding hydrogens is 150 g/mol. The van der Waals surface area contributed by atoms with E-state index in [1.807, 2.05) is 6.20 Å². The highest BCUT2D eigenvalue weighted by Gasteiger charge is 2.02. The van der Waals surface area contributed by atoms with Crippen LogP contribution >= 0.6 is 11.6 Å². The Hall–Kier alpha value is -0.770. The van der Waals surface area contributed by atoms with Gasteiger partial charge in [-0.1, -0.05) is 11.6 Å². The van der Waals surface area contributed by atoms with Crippen LogP contribution in [-0.2, 0) is 0 Å². The monoisotopic (exact) mass is 149 g/mol. The molecule has 0 unspecified atom stereocenters. The summed E-state index contributed by atoms with van der Waals surface area (Å²) in [5.41, 5.74) is 0. The van der Waals surface area contributed by atoms with E-state index in [0.717, 1.165) is 0 Å². The molecule has 47 valence electrons. The van der Waals surface area contributed by atoms with Crippen molar-refractivity contribution < 1.29 is 8.78 Å². The minimum atomic E-state index is -1.17. The zero-order valence-electron chi connectivity index (χ0n) is 4.03. The molecule has 0 amide bonds. The van der Waals surface area contributed by atoms with E-state index < -0.39 is 17.0 Å². The number of rotatable bonds is 0. The Morgan fingerprint density at radius 2 is 2.11 bits per heavy atom. The lowest BCUT2D eigenvalue weighted by Crippen LogP contribution is -1.92. The van der Waals surface area contributed by atoms with Gasteiger partial charge in [0.25, 0.3) is 0 Å². The zero-order chi connectivity index (χ0) is 6.85. The van der Waals surface area contributed by atoms with Crippen LogP contribution in [0.25, 0.3) is 0 Å². The van der Waals surface area contributed by atoms with Crippen LogP contribution in [0, 0.1) is 18.2 Å². The summed E-state index contributed by atoms with van der Waals surface area (Å²) in [6.45, 7) is 0. The molecule has 1 rings (SSSR count). The van der Waals surface area contributed by atoms with Gasteiger partial charge in [-0.05, 0) is 0 Å². The van der Waals surface area contributed by atoms with Gasteiger partial charge < -0.3 is 0 Å². The zero-order valence-corrected chi connectivity index (χ0v) is 4.78. The third-order valence-corrected chi connectivity index (χ3v) is 0.858. The Labute approximate surface area is 54.5 Å². The summed E-state index contributed by atoms with van der Waals surface area (Å²) in [7, 11) is 0. The fourth-order valence-electron chi connectivity index (χ4n) is 0.296. The molecule has 0 N–H and O–H groups in total. The molecular formula is C4ClF2N2. The van der Waals surface area contributed by atoms with Crippen molar-refractivity contribution in [3.05, 3.63) is 23.2 Å². The number of halogens is 3. The molecule has 0 spiro atoms. The maximum Gasteiger partial charge on any atom is 0.311 e. The predicted molar refractivity (Wildman–Crippen MR) is 25.8 cm³/mol. The third kappa shape index (κ3) is 1.32. The largest absolute Gasteiger partial charge is 0.311 e. The molecule has 0 aromatic carbocycles. The molecule has 0 aliphatic carbocycles. The van der Waals surface area contributed by atoms with E-state index in [9.17, 15) is 8.78 Å². The van der Waals surface area contributed by atoms with Gasteiger partial charge in [-0.2, -0.15) is 18.7 Å². The van der Waals surface area contributed by atoms with Crippen molar-refractivity contribution in [2.75, 3.05) is 0 Å². The van der Waals surface area contributed by atoms with E-state index in [-0.39, 0.29) is 0 Å². The quantitative estimate of drug-likeness (QED) is 0.409. The van der Waals surface area contributed by atoms with E-state index in [4.69, 9.17) is 11.6 Å². The van der Waals surface area contributed by atoms with E-state index >= 15 is 0 Å². The normalized spacial score (nSPS) is 9.67. The molecule has 0 bridgehead atoms. The Morgan fingerprint density at radius 3 is 2.56 bits per heavy atom. The van der Waals surface area contributed by atoms with Crippen LogP contribution < -0.4 is 0 Å². The molecule has 5 heteroatoms. The fourth-order valence-corrected chi connectivity index (χ4v) is 0.381. The van der Waals surface area contributed by atoms with Crippen molar-refractivity contribution in [3.8, 4) is 0 Å². The highest BCUT2D eigenvalue weighted by Crippen LogP contribution is 2.07. The van der Waals surface area contributed by atoms with E-state index in [1.54, 1.807) is 0 Å². The first-order chi connectivity index (χ1) is 4.20. The summed E-state index contributed by atoms with van der Waals surface area (Å²) in [6.07, 6.45) is 0.701. The standard InChI is InChI=1S/C4ClF2N2/c5-2-1-8-4(7)9-3(2)6. The third-order valence-electron chi connectivity index (χ3n) is 0.618. The van der Waals surface area contributed by atoms with Gasteiger partial charge >= 0.3 is 6.08 Å². The Bertz CT molecular complexity index is 228. The lowest BCUT2D eigenvalue weighted by Gasteiger charge is -1.87. The molecule has 1 heterocycles. The van der Waals surface area contributed by atoms with Crippen molar-refractivity contribution in [1.82, 2.24) is 9.97 Å². The fraction of sp³-hybridized carbons (Fsp3) is 0. The van der Waals surface area contributed by atoms with Gasteiger partial charge in [0.1, 0.15) is 11.2 Å². The molecule has 1 aromatic rings. The second kappa shape index (κ2) is 2.23. The predicted octanol–water partition coefficient (Wildman–Crippen LogP) is 1.21. The van der Waals surface area contributed by atoms with Crippen LogP contribution in [0.1, 0.15) is 0 Å². The molecule has 0 aliphatic rings. The summed E-state index contributed by atoms with van der Waals surface area (Å²) in [6, 6.07) is 0. The van der Waals surface area contributed by atoms with Gasteiger partial charge in [-0.3, -0.25) is 0 Å². The van der Waals surface area contributed by atoms with E-state index in [2.05, 4.69) is 9.97 Å². The first-order valence-electron chi connectivity index (χ1n) is 1.96. The topological polar surface area (TPSA) is 25.8 Å². The summed E-state index contributed by atoms with van der Waals surface area (Å²) < 4.78 is 23.8. The molecule has 0 saturated carbocycles. The average molecular weight is 150 g/mol. The van der Waals surface area contributed by atoms with Crippen LogP contribution in [0.3, 0.4) is 0 Å². The summed E-state index contributed by atoms with van der Waals surface area (Å²) >= 11 is 5.06. The smallest absolute Gasteiger partial charge is 0.199 e. The van der Waals surface area contributed by atoms with Crippen LogP contribution in [0.4, 0.5) is 8.78 Å². The van der Waals surface area contributed by atoms with E-state index in [1.165, 1.54) is 0 Å².